The SMILES string of the molecule is O=[N+]([O-])c1ccc(N=Nc2cc3c(O)c(c2)Cc2cc(N=Nc4ccc([N+](=O)[O-])cc4S(=O)(=O)[O-])cc(c2O)Cc2cc(N=Nc4ccc([N+](=O)[O-])cc4S(=O)(=O)[O-])cc(c2O)Cc2cc(N=Nc4ccc([N+](=O)[O-])cc4S(=O)(=O)[O-])cc(c2O)C3)c(S(=O)(=O)[O-])c1.[Na+].[Na+].[Na+].[Na+]. The second-order valence-corrected chi connectivity index (χ2v) is 24.8. The first-order valence-corrected chi connectivity index (χ1v) is 30.7. The third-order valence-corrected chi connectivity index (χ3v) is 16.8. The number of phenolic OH excluding ortho intramolecular Hbond substituents is 4. The summed E-state index contributed by atoms with van der Waals surface area (Å²) >= 11 is 0. The maximum Gasteiger partial charge on any atom is 1.00 e. The summed E-state index contributed by atoms with van der Waals surface area (Å²) in [6, 6.07) is 16.8. The molecule has 8 aromatic rings. The zero-order valence-corrected chi connectivity index (χ0v) is 60.6. The molecule has 8 bridgehead atoms. The second-order valence-electron chi connectivity index (χ2n) is 19.4. The first-order chi connectivity index (χ1) is 43.0. The molecule has 9 rings (SSSR count). The van der Waals surface area contributed by atoms with Crippen LogP contribution >= 0.6 is 0 Å². The van der Waals surface area contributed by atoms with Crippen LogP contribution in [0.2, 0.25) is 0 Å². The standard InChI is InChI=1S/C52H36N12O24S4.4Na/c65-49-25-9-27-15-34(54-58-42-6-2-38(62(71)72)22-46(42)90(80,81)82)17-29(50(27)66)11-31-19-36(56-60-44-8-4-40(64(75)76)24-48(44)92(86,87)88)20-32(52(31)68)12-30-18-35(55-59-43-7-3-39(63(73)74)23-47(43)91(83,84)85)16-28(51(30)67)10-26(49)14-33(13-25)53-57-41-5-1-37(61(69)70)21-45(41)89(77,78)79;;;;/h1-8,13-24,65-68H,9-12H2,(H,77,78,79)(H,80,81,82)(H,83,84,85)(H,86,87,88);;;;/q;4*+1/p-4. The van der Waals surface area contributed by atoms with Crippen molar-refractivity contribution in [3.8, 4) is 23.0 Å². The predicted octanol–water partition coefficient (Wildman–Crippen LogP) is -1.89. The van der Waals surface area contributed by atoms with Crippen LogP contribution in [0.3, 0.4) is 0 Å². The van der Waals surface area contributed by atoms with Crippen molar-refractivity contribution in [2.24, 2.45) is 40.9 Å². The van der Waals surface area contributed by atoms with Crippen molar-refractivity contribution in [1.82, 2.24) is 0 Å². The van der Waals surface area contributed by atoms with Gasteiger partial charge in [0.25, 0.3) is 22.7 Å². The molecule has 0 atom stereocenters. The summed E-state index contributed by atoms with van der Waals surface area (Å²) in [7, 11) is -22.0. The molecule has 96 heavy (non-hydrogen) atoms. The van der Waals surface area contributed by atoms with Crippen molar-refractivity contribution >= 4 is 109 Å². The monoisotopic (exact) mass is 1430 g/mol. The molecule has 0 heterocycles. The van der Waals surface area contributed by atoms with E-state index in [0.29, 0.717) is 24.3 Å². The van der Waals surface area contributed by atoms with E-state index >= 15 is 0 Å². The van der Waals surface area contributed by atoms with Crippen molar-refractivity contribution in [1.29, 1.82) is 0 Å². The summed E-state index contributed by atoms with van der Waals surface area (Å²) < 4.78 is 148. The smallest absolute Gasteiger partial charge is 0.744 e. The molecule has 4 N–H and O–H groups in total. The third-order valence-electron chi connectivity index (χ3n) is 13.3. The molecule has 44 heteroatoms. The maximum atomic E-state index is 12.4. The van der Waals surface area contributed by atoms with Crippen LogP contribution in [0.4, 0.5) is 68.2 Å². The number of aromatic hydroxyl groups is 4. The third kappa shape index (κ3) is 18.6. The van der Waals surface area contributed by atoms with E-state index in [1.807, 2.05) is 0 Å². The summed E-state index contributed by atoms with van der Waals surface area (Å²) in [5, 5.41) is 127. The van der Waals surface area contributed by atoms with Crippen molar-refractivity contribution in [3.63, 3.8) is 0 Å². The Morgan fingerprint density at radius 2 is 0.438 bits per heavy atom. The van der Waals surface area contributed by atoms with Gasteiger partial charge in [-0.2, -0.15) is 20.5 Å². The molecular weight excluding hydrogens is 1400 g/mol. The van der Waals surface area contributed by atoms with Gasteiger partial charge in [0.05, 0.1) is 62.0 Å². The van der Waals surface area contributed by atoms with Crippen molar-refractivity contribution in [3.05, 3.63) is 206 Å². The van der Waals surface area contributed by atoms with Gasteiger partial charge in [-0.1, -0.05) is 0 Å². The van der Waals surface area contributed by atoms with Crippen LogP contribution in [0.25, 0.3) is 0 Å². The van der Waals surface area contributed by atoms with Crippen LogP contribution in [0, 0.1) is 40.5 Å². The van der Waals surface area contributed by atoms with Gasteiger partial charge in [-0.15, -0.1) is 20.5 Å². The van der Waals surface area contributed by atoms with Gasteiger partial charge in [-0.05, 0) is 72.8 Å². The average molecular weight is 1430 g/mol. The van der Waals surface area contributed by atoms with Crippen LogP contribution < -0.4 is 118 Å². The largest absolute Gasteiger partial charge is 1.00 e. The average Bonchev–Trinajstić information content (AvgIpc) is 0.784. The van der Waals surface area contributed by atoms with Gasteiger partial charge in [-0.3, -0.25) is 40.5 Å². The van der Waals surface area contributed by atoms with E-state index in [1.54, 1.807) is 0 Å². The van der Waals surface area contributed by atoms with E-state index in [4.69, 9.17) is 0 Å². The number of phenols is 4. The molecule has 0 spiro atoms. The van der Waals surface area contributed by atoms with E-state index in [0.717, 1.165) is 97.1 Å². The minimum Gasteiger partial charge on any atom is -0.744 e. The molecule has 0 aromatic heterocycles. The Kier molecular flexibility index (Phi) is 26.0. The van der Waals surface area contributed by atoms with Gasteiger partial charge in [-0.25, -0.2) is 33.7 Å². The Balaban J connectivity index is 0.00000417. The Morgan fingerprint density at radius 1 is 0.281 bits per heavy atom. The van der Waals surface area contributed by atoms with Crippen molar-refractivity contribution in [2.75, 3.05) is 0 Å². The minimum absolute atomic E-state index is 0. The molecule has 0 fully saturated rings. The minimum atomic E-state index is -5.51. The molecule has 8 aromatic carbocycles. The molecule has 0 unspecified atom stereocenters. The fraction of sp³-hybridized carbons (Fsp3) is 0.0769. The fourth-order valence-corrected chi connectivity index (χ4v) is 11.7. The number of hydrogen-bond acceptors (Lipinski definition) is 32. The van der Waals surface area contributed by atoms with Crippen LogP contribution in [0.15, 0.2) is 182 Å². The first-order valence-electron chi connectivity index (χ1n) is 25.1. The Bertz CT molecular complexity index is 4440. The quantitative estimate of drug-likeness (QED) is 0.0270. The molecule has 0 aliphatic heterocycles. The van der Waals surface area contributed by atoms with E-state index in [-0.39, 0.29) is 185 Å². The van der Waals surface area contributed by atoms with Gasteiger partial charge in [0.1, 0.15) is 86.2 Å². The number of hydrogen-bond donors (Lipinski definition) is 4. The van der Waals surface area contributed by atoms with Crippen LogP contribution in [-0.2, 0) is 66.2 Å². The van der Waals surface area contributed by atoms with Crippen molar-refractivity contribution in [2.45, 2.75) is 45.3 Å². The summed E-state index contributed by atoms with van der Waals surface area (Å²) in [6.45, 7) is 0. The molecule has 0 saturated carbocycles. The molecule has 472 valence electrons. The summed E-state index contributed by atoms with van der Waals surface area (Å²) in [6.07, 6.45) is -2.62. The normalized spacial score (nSPS) is 12.5. The number of fused-ring (bicyclic) bond motifs is 8. The summed E-state index contributed by atoms with van der Waals surface area (Å²) in [5.41, 5.74) is -9.43. The van der Waals surface area contributed by atoms with Crippen LogP contribution in [-0.4, -0.2) is 92.0 Å². The molecule has 0 radical (unpaired) electrons. The molecule has 1 aliphatic carbocycles. The first kappa shape index (κ1) is 79.3. The van der Waals surface area contributed by atoms with E-state index in [1.165, 1.54) is 0 Å². The molecule has 0 saturated heterocycles. The van der Waals surface area contributed by atoms with Gasteiger partial charge < -0.3 is 38.6 Å². The number of nitro groups is 4. The zero-order chi connectivity index (χ0) is 67.1. The van der Waals surface area contributed by atoms with E-state index < -0.39 is 174 Å². The van der Waals surface area contributed by atoms with E-state index in [9.17, 15) is 113 Å². The van der Waals surface area contributed by atoms with Crippen LogP contribution in [0.1, 0.15) is 44.5 Å². The fourth-order valence-electron chi connectivity index (χ4n) is 9.14. The molecular formula is C52H32N12Na4O24S4. The summed E-state index contributed by atoms with van der Waals surface area (Å²) in [4.78, 5) is 37.4. The van der Waals surface area contributed by atoms with Gasteiger partial charge in [0, 0.05) is 119 Å². The second kappa shape index (κ2) is 31.4. The number of rotatable bonds is 16. The van der Waals surface area contributed by atoms with Crippen molar-refractivity contribution < 1.29 is 210 Å². The molecule has 36 nitrogen and oxygen atoms in total. The van der Waals surface area contributed by atoms with Crippen LogP contribution in [0.5, 0.6) is 23.0 Å². The molecule has 0 amide bonds. The number of nitrogens with zero attached hydrogens (tertiary/aromatic N) is 12. The number of non-ortho nitro benzene ring substituents is 4. The molecule has 1 aliphatic rings. The topological polar surface area (TPSA) is 581 Å². The van der Waals surface area contributed by atoms with Gasteiger partial charge in [0.2, 0.25) is 0 Å². The number of nitro benzene ring substituents is 4. The van der Waals surface area contributed by atoms with Gasteiger partial charge in [0.15, 0.2) is 0 Å². The Labute approximate surface area is 627 Å². The Hall–Kier alpha value is -7.40. The Morgan fingerprint density at radius 3 is 0.573 bits per heavy atom. The number of azo groups is 4. The van der Waals surface area contributed by atoms with Gasteiger partial charge >= 0.3 is 118 Å². The predicted molar refractivity (Wildman–Crippen MR) is 305 cm³/mol. The summed E-state index contributed by atoms with van der Waals surface area (Å²) in [5.74, 6) is -2.66. The zero-order valence-electron chi connectivity index (χ0n) is 49.3. The maximum absolute atomic E-state index is 12.4. The van der Waals surface area contributed by atoms with E-state index in [2.05, 4.69) is 40.9 Å². The number of benzene rings is 8.